The van der Waals surface area contributed by atoms with Gasteiger partial charge in [-0.2, -0.15) is 5.10 Å². The molecule has 0 unspecified atom stereocenters. The Morgan fingerprint density at radius 2 is 2.16 bits per heavy atom. The third kappa shape index (κ3) is 3.23. The molecule has 3 aromatic rings. The van der Waals surface area contributed by atoms with Crippen LogP contribution in [0.3, 0.4) is 0 Å². The molecule has 25 heavy (non-hydrogen) atoms. The number of carbonyl (C=O) groups excluding carboxylic acids is 1. The fourth-order valence-electron chi connectivity index (χ4n) is 3.36. The van der Waals surface area contributed by atoms with Gasteiger partial charge in [-0.15, -0.1) is 0 Å². The van der Waals surface area contributed by atoms with Crippen molar-refractivity contribution in [1.29, 1.82) is 0 Å². The fraction of sp³-hybridized carbons (Fsp3) is 0.412. The molecule has 0 atom stereocenters. The molecule has 0 spiro atoms. The Bertz CT molecular complexity index is 882. The molecule has 0 bridgehead atoms. The summed E-state index contributed by atoms with van der Waals surface area (Å²) in [4.78, 5) is 23.6. The van der Waals surface area contributed by atoms with E-state index in [0.29, 0.717) is 6.42 Å². The van der Waals surface area contributed by atoms with Crippen molar-refractivity contribution >= 4 is 46.6 Å². The maximum atomic E-state index is 11.9. The maximum absolute atomic E-state index is 11.9. The molecule has 0 aliphatic heterocycles. The predicted molar refractivity (Wildman–Crippen MR) is 95.1 cm³/mol. The van der Waals surface area contributed by atoms with Gasteiger partial charge in [-0.1, -0.05) is 6.92 Å². The number of aromatic amines is 1. The van der Waals surface area contributed by atoms with Crippen LogP contribution < -0.4 is 0 Å². The van der Waals surface area contributed by atoms with Gasteiger partial charge in [-0.25, -0.2) is 14.6 Å². The second-order valence-electron chi connectivity index (χ2n) is 6.12. The van der Waals surface area contributed by atoms with E-state index >= 15 is 0 Å². The zero-order valence-electron chi connectivity index (χ0n) is 13.5. The van der Waals surface area contributed by atoms with E-state index < -0.39 is 5.72 Å². The van der Waals surface area contributed by atoms with Crippen molar-refractivity contribution in [2.45, 2.75) is 44.8 Å². The van der Waals surface area contributed by atoms with Gasteiger partial charge in [0.15, 0.2) is 0 Å². The molecule has 1 aliphatic carbocycles. The fourth-order valence-corrected chi connectivity index (χ4v) is 3.36. The third-order valence-electron chi connectivity index (χ3n) is 4.60. The van der Waals surface area contributed by atoms with Crippen LogP contribution in [0.15, 0.2) is 31.0 Å². The summed E-state index contributed by atoms with van der Waals surface area (Å²) in [6.45, 7) is 1.81. The van der Waals surface area contributed by atoms with Crippen LogP contribution in [0.4, 0.5) is 0 Å². The SMILES string of the molecule is CCC(=O)OC1(n2cc(-c3ncnc4[nH]ccc34)cn2)CCCC1.[NaH]. The Labute approximate surface area is 167 Å². The van der Waals surface area contributed by atoms with E-state index in [1.807, 2.05) is 25.4 Å². The molecule has 3 aromatic heterocycles. The van der Waals surface area contributed by atoms with Gasteiger partial charge in [0.25, 0.3) is 0 Å². The molecule has 126 valence electrons. The van der Waals surface area contributed by atoms with Crippen LogP contribution in [0.1, 0.15) is 39.0 Å². The van der Waals surface area contributed by atoms with Crippen molar-refractivity contribution in [3.63, 3.8) is 0 Å². The zero-order chi connectivity index (χ0) is 16.6. The molecule has 8 heteroatoms. The number of H-pyrrole nitrogens is 1. The van der Waals surface area contributed by atoms with Gasteiger partial charge in [-0.05, 0) is 18.9 Å². The first kappa shape index (κ1) is 18.1. The van der Waals surface area contributed by atoms with Gasteiger partial charge in [0, 0.05) is 42.6 Å². The molecule has 4 rings (SSSR count). The molecule has 0 amide bonds. The van der Waals surface area contributed by atoms with Crippen molar-refractivity contribution < 1.29 is 9.53 Å². The Balaban J connectivity index is 0.00000182. The normalized spacial score (nSPS) is 15.9. The molecule has 3 heterocycles. The molecule has 1 aliphatic rings. The number of aromatic nitrogens is 5. The Morgan fingerprint density at radius 1 is 1.36 bits per heavy atom. The van der Waals surface area contributed by atoms with Crippen LogP contribution >= 0.6 is 0 Å². The topological polar surface area (TPSA) is 85.7 Å². The third-order valence-corrected chi connectivity index (χ3v) is 4.60. The summed E-state index contributed by atoms with van der Waals surface area (Å²) in [6, 6.07) is 1.95. The van der Waals surface area contributed by atoms with Gasteiger partial charge >= 0.3 is 35.5 Å². The number of rotatable bonds is 4. The number of nitrogens with zero attached hydrogens (tertiary/aromatic N) is 4. The second kappa shape index (κ2) is 7.27. The van der Waals surface area contributed by atoms with Gasteiger partial charge in [-0.3, -0.25) is 4.79 Å². The predicted octanol–water partition coefficient (Wildman–Crippen LogP) is 2.35. The standard InChI is InChI=1S/C17H19N5O2.Na.H/c1-2-14(23)24-17(6-3-4-7-17)22-10-12(9-21-22)15-13-5-8-18-16(13)20-11-19-15;;/h5,8-11H,2-4,6-7H2,1H3,(H,18,19,20);;. The van der Waals surface area contributed by atoms with Crippen LogP contribution in [-0.2, 0) is 15.3 Å². The summed E-state index contributed by atoms with van der Waals surface area (Å²) < 4.78 is 7.57. The summed E-state index contributed by atoms with van der Waals surface area (Å²) in [5.74, 6) is -0.191. The molecule has 0 saturated heterocycles. The first-order valence-electron chi connectivity index (χ1n) is 8.27. The number of hydrogen-bond acceptors (Lipinski definition) is 5. The number of esters is 1. The first-order valence-corrected chi connectivity index (χ1v) is 8.27. The van der Waals surface area contributed by atoms with Gasteiger partial charge in [0.2, 0.25) is 5.72 Å². The summed E-state index contributed by atoms with van der Waals surface area (Å²) in [6.07, 6.45) is 11.1. The molecule has 7 nitrogen and oxygen atoms in total. The minimum absolute atomic E-state index is 0. The summed E-state index contributed by atoms with van der Waals surface area (Å²) >= 11 is 0. The van der Waals surface area contributed by atoms with Gasteiger partial charge in [0.05, 0.1) is 11.9 Å². The van der Waals surface area contributed by atoms with Crippen molar-refractivity contribution in [2.24, 2.45) is 0 Å². The Kier molecular flexibility index (Phi) is 5.27. The van der Waals surface area contributed by atoms with Crippen molar-refractivity contribution in [1.82, 2.24) is 24.7 Å². The minimum atomic E-state index is -0.657. The van der Waals surface area contributed by atoms with Crippen LogP contribution in [0.5, 0.6) is 0 Å². The number of fused-ring (bicyclic) bond motifs is 1. The number of nitrogens with one attached hydrogen (secondary N) is 1. The second-order valence-corrected chi connectivity index (χ2v) is 6.12. The van der Waals surface area contributed by atoms with E-state index in [0.717, 1.165) is 48.0 Å². The molecule has 1 N–H and O–H groups in total. The quantitative estimate of drug-likeness (QED) is 0.577. The van der Waals surface area contributed by atoms with Crippen molar-refractivity contribution in [3.05, 3.63) is 31.0 Å². The molecule has 1 saturated carbocycles. The monoisotopic (exact) mass is 349 g/mol. The molecular weight excluding hydrogens is 329 g/mol. The van der Waals surface area contributed by atoms with Gasteiger partial charge in [0.1, 0.15) is 12.0 Å². The number of hydrogen-bond donors (Lipinski definition) is 1. The first-order chi connectivity index (χ1) is 11.7. The Hall–Kier alpha value is -1.70. The van der Waals surface area contributed by atoms with Crippen molar-refractivity contribution in [3.8, 4) is 11.3 Å². The summed E-state index contributed by atoms with van der Waals surface area (Å²) in [7, 11) is 0. The summed E-state index contributed by atoms with van der Waals surface area (Å²) in [5, 5.41) is 5.44. The van der Waals surface area contributed by atoms with Crippen LogP contribution in [0.2, 0.25) is 0 Å². The number of carbonyl (C=O) groups is 1. The van der Waals surface area contributed by atoms with Gasteiger partial charge < -0.3 is 9.72 Å². The number of ether oxygens (including phenoxy) is 1. The molecule has 0 aromatic carbocycles. The van der Waals surface area contributed by atoms with E-state index in [2.05, 4.69) is 20.1 Å². The average Bonchev–Trinajstić information content (AvgIpc) is 3.34. The molecular formula is C17H20N5NaO2. The van der Waals surface area contributed by atoms with Crippen LogP contribution in [0.25, 0.3) is 22.3 Å². The van der Waals surface area contributed by atoms with E-state index in [9.17, 15) is 4.79 Å². The Morgan fingerprint density at radius 3 is 2.92 bits per heavy atom. The molecule has 0 radical (unpaired) electrons. The summed E-state index contributed by atoms with van der Waals surface area (Å²) in [5.41, 5.74) is 1.85. The molecule has 1 fully saturated rings. The van der Waals surface area contributed by atoms with E-state index in [-0.39, 0.29) is 35.5 Å². The van der Waals surface area contributed by atoms with Crippen LogP contribution in [0, 0.1) is 0 Å². The van der Waals surface area contributed by atoms with Crippen molar-refractivity contribution in [2.75, 3.05) is 0 Å². The zero-order valence-corrected chi connectivity index (χ0v) is 13.5. The van der Waals surface area contributed by atoms with E-state index in [1.54, 1.807) is 10.9 Å². The van der Waals surface area contributed by atoms with Crippen LogP contribution in [-0.4, -0.2) is 60.3 Å². The van der Waals surface area contributed by atoms with E-state index in [1.165, 1.54) is 6.33 Å². The van der Waals surface area contributed by atoms with E-state index in [4.69, 9.17) is 4.74 Å². The average molecular weight is 349 g/mol.